The minimum absolute atomic E-state index is 0.251. The highest BCUT2D eigenvalue weighted by molar-refractivity contribution is 4.97. The Kier molecular flexibility index (Phi) is 2.86. The van der Waals surface area contributed by atoms with E-state index in [1.807, 2.05) is 4.68 Å². The first kappa shape index (κ1) is 11.1. The van der Waals surface area contributed by atoms with Crippen LogP contribution in [0.1, 0.15) is 63.9 Å². The van der Waals surface area contributed by atoms with Crippen LogP contribution >= 0.6 is 0 Å². The topological polar surface area (TPSA) is 55.6 Å². The van der Waals surface area contributed by atoms with Gasteiger partial charge in [-0.25, -0.2) is 4.68 Å². The molecule has 1 aromatic heterocycles. The molecule has 0 amide bonds. The van der Waals surface area contributed by atoms with E-state index in [1.165, 1.54) is 32.1 Å². The predicted molar refractivity (Wildman–Crippen MR) is 64.4 cm³/mol. The summed E-state index contributed by atoms with van der Waals surface area (Å²) >= 11 is 0. The number of tetrazole rings is 1. The van der Waals surface area contributed by atoms with Gasteiger partial charge in [-0.15, -0.1) is 5.10 Å². The summed E-state index contributed by atoms with van der Waals surface area (Å²) in [6.45, 7) is 4.45. The van der Waals surface area contributed by atoms with Crippen molar-refractivity contribution in [3.8, 4) is 0 Å². The molecule has 5 heteroatoms. The van der Waals surface area contributed by atoms with Gasteiger partial charge in [0.25, 0.3) is 0 Å². The van der Waals surface area contributed by atoms with Gasteiger partial charge in [-0.2, -0.15) is 0 Å². The second-order valence-corrected chi connectivity index (χ2v) is 5.58. The molecule has 2 aliphatic rings. The molecule has 94 valence electrons. The minimum atomic E-state index is 0.251. The molecular formula is C12H21N5. The minimum Gasteiger partial charge on any atom is -0.305 e. The Balaban J connectivity index is 1.63. The fourth-order valence-electron chi connectivity index (χ4n) is 2.61. The number of hydrogen-bond donors (Lipinski definition) is 1. The average Bonchev–Trinajstić information content (AvgIpc) is 2.93. The van der Waals surface area contributed by atoms with Crippen LogP contribution in [0.5, 0.6) is 0 Å². The highest BCUT2D eigenvalue weighted by Gasteiger charge is 2.31. The fraction of sp³-hybridized carbons (Fsp3) is 0.917. The number of aromatic nitrogens is 4. The summed E-state index contributed by atoms with van der Waals surface area (Å²) in [6, 6.07) is 1.38. The molecule has 0 aromatic carbocycles. The smallest absolute Gasteiger partial charge is 0.168 e. The third kappa shape index (κ3) is 2.20. The molecule has 17 heavy (non-hydrogen) atoms. The van der Waals surface area contributed by atoms with Crippen LogP contribution in [0.4, 0.5) is 0 Å². The van der Waals surface area contributed by atoms with Gasteiger partial charge in [0.05, 0.1) is 12.1 Å². The van der Waals surface area contributed by atoms with Crippen molar-refractivity contribution in [1.82, 2.24) is 25.5 Å². The van der Waals surface area contributed by atoms with Gasteiger partial charge in [-0.1, -0.05) is 6.42 Å². The van der Waals surface area contributed by atoms with Crippen LogP contribution in [0.3, 0.4) is 0 Å². The van der Waals surface area contributed by atoms with Crippen LogP contribution in [0.25, 0.3) is 0 Å². The van der Waals surface area contributed by atoms with E-state index in [9.17, 15) is 0 Å². The lowest BCUT2D eigenvalue weighted by Gasteiger charge is -2.33. The van der Waals surface area contributed by atoms with Crippen molar-refractivity contribution < 1.29 is 0 Å². The van der Waals surface area contributed by atoms with E-state index in [-0.39, 0.29) is 6.04 Å². The van der Waals surface area contributed by atoms with Crippen LogP contribution in [0.2, 0.25) is 0 Å². The number of nitrogens with zero attached hydrogens (tertiary/aromatic N) is 4. The molecule has 0 unspecified atom stereocenters. The molecule has 0 aliphatic heterocycles. The SMILES string of the molecule is C[C@@H](N[C@H](C)C1CCC1)c1nnnn1C1CC1. The maximum atomic E-state index is 4.17. The highest BCUT2D eigenvalue weighted by atomic mass is 15.6. The lowest BCUT2D eigenvalue weighted by atomic mass is 9.80. The summed E-state index contributed by atoms with van der Waals surface area (Å²) in [6.07, 6.45) is 6.58. The van der Waals surface area contributed by atoms with Gasteiger partial charge in [-0.3, -0.25) is 0 Å². The molecule has 0 saturated heterocycles. The standard InChI is InChI=1S/C12H21N5/c1-8(10-4-3-5-10)13-9(2)12-14-15-16-17(12)11-6-7-11/h8-11,13H,3-7H2,1-2H3/t8-,9-/m1/s1. The Morgan fingerprint density at radius 1 is 1.24 bits per heavy atom. The quantitative estimate of drug-likeness (QED) is 0.846. The number of rotatable bonds is 5. The summed E-state index contributed by atoms with van der Waals surface area (Å²) in [5.74, 6) is 1.85. The molecular weight excluding hydrogens is 214 g/mol. The average molecular weight is 235 g/mol. The number of nitrogens with one attached hydrogen (secondary N) is 1. The highest BCUT2D eigenvalue weighted by Crippen LogP contribution is 2.36. The molecule has 0 spiro atoms. The first-order valence-electron chi connectivity index (χ1n) is 6.79. The van der Waals surface area contributed by atoms with E-state index >= 15 is 0 Å². The maximum absolute atomic E-state index is 4.17. The monoisotopic (exact) mass is 235 g/mol. The van der Waals surface area contributed by atoms with E-state index in [2.05, 4.69) is 34.7 Å². The summed E-state index contributed by atoms with van der Waals surface area (Å²) in [7, 11) is 0. The summed E-state index contributed by atoms with van der Waals surface area (Å²) in [5, 5.41) is 15.7. The molecule has 1 N–H and O–H groups in total. The van der Waals surface area contributed by atoms with Crippen molar-refractivity contribution in [3.63, 3.8) is 0 Å². The van der Waals surface area contributed by atoms with Crippen molar-refractivity contribution in [2.24, 2.45) is 5.92 Å². The Morgan fingerprint density at radius 2 is 2.00 bits per heavy atom. The van der Waals surface area contributed by atoms with Crippen LogP contribution in [-0.2, 0) is 0 Å². The number of hydrogen-bond acceptors (Lipinski definition) is 4. The normalized spacial score (nSPS) is 24.4. The zero-order valence-electron chi connectivity index (χ0n) is 10.6. The van der Waals surface area contributed by atoms with Crippen LogP contribution in [0, 0.1) is 5.92 Å². The van der Waals surface area contributed by atoms with Crippen molar-refractivity contribution in [1.29, 1.82) is 0 Å². The molecule has 5 nitrogen and oxygen atoms in total. The second-order valence-electron chi connectivity index (χ2n) is 5.58. The molecule has 2 aliphatic carbocycles. The van der Waals surface area contributed by atoms with Gasteiger partial charge in [0, 0.05) is 6.04 Å². The largest absolute Gasteiger partial charge is 0.305 e. The third-order valence-electron chi connectivity index (χ3n) is 4.17. The predicted octanol–water partition coefficient (Wildman–Crippen LogP) is 1.85. The lowest BCUT2D eigenvalue weighted by molar-refractivity contribution is 0.226. The van der Waals surface area contributed by atoms with E-state index in [4.69, 9.17) is 0 Å². The van der Waals surface area contributed by atoms with Crippen LogP contribution in [0.15, 0.2) is 0 Å². The molecule has 1 aromatic rings. The first-order chi connectivity index (χ1) is 8.25. The fourth-order valence-corrected chi connectivity index (χ4v) is 2.61. The molecule has 3 rings (SSSR count). The third-order valence-corrected chi connectivity index (χ3v) is 4.17. The summed E-state index contributed by atoms with van der Waals surface area (Å²) in [4.78, 5) is 0. The van der Waals surface area contributed by atoms with E-state index in [0.717, 1.165) is 11.7 Å². The Labute approximate surface area is 102 Å². The van der Waals surface area contributed by atoms with Gasteiger partial charge in [-0.05, 0) is 55.9 Å². The Bertz CT molecular complexity index is 380. The Hall–Kier alpha value is -0.970. The van der Waals surface area contributed by atoms with E-state index in [1.54, 1.807) is 0 Å². The molecule has 2 atom stereocenters. The van der Waals surface area contributed by atoms with Crippen LogP contribution < -0.4 is 5.32 Å². The lowest BCUT2D eigenvalue weighted by Crippen LogP contribution is -2.39. The second kappa shape index (κ2) is 4.37. The summed E-state index contributed by atoms with van der Waals surface area (Å²) in [5.41, 5.74) is 0. The van der Waals surface area contributed by atoms with E-state index in [0.29, 0.717) is 12.1 Å². The van der Waals surface area contributed by atoms with Crippen molar-refractivity contribution in [2.75, 3.05) is 0 Å². The molecule has 1 heterocycles. The van der Waals surface area contributed by atoms with Crippen LogP contribution in [-0.4, -0.2) is 26.2 Å². The first-order valence-corrected chi connectivity index (χ1v) is 6.79. The van der Waals surface area contributed by atoms with Gasteiger partial charge < -0.3 is 5.32 Å². The maximum Gasteiger partial charge on any atom is 0.168 e. The van der Waals surface area contributed by atoms with Crippen molar-refractivity contribution >= 4 is 0 Å². The van der Waals surface area contributed by atoms with E-state index < -0.39 is 0 Å². The molecule has 2 fully saturated rings. The van der Waals surface area contributed by atoms with Gasteiger partial charge in [0.15, 0.2) is 5.82 Å². The zero-order chi connectivity index (χ0) is 11.8. The van der Waals surface area contributed by atoms with Gasteiger partial charge in [0.1, 0.15) is 0 Å². The zero-order valence-corrected chi connectivity index (χ0v) is 10.6. The van der Waals surface area contributed by atoms with Gasteiger partial charge in [0.2, 0.25) is 0 Å². The summed E-state index contributed by atoms with van der Waals surface area (Å²) < 4.78 is 2.01. The van der Waals surface area contributed by atoms with Crippen molar-refractivity contribution in [3.05, 3.63) is 5.82 Å². The molecule has 2 saturated carbocycles. The molecule has 0 bridgehead atoms. The van der Waals surface area contributed by atoms with Gasteiger partial charge >= 0.3 is 0 Å². The van der Waals surface area contributed by atoms with Crippen molar-refractivity contribution in [2.45, 2.75) is 64.1 Å². The Morgan fingerprint density at radius 3 is 2.59 bits per heavy atom. The molecule has 0 radical (unpaired) electrons.